The molecule has 0 saturated carbocycles. The Kier molecular flexibility index (Phi) is 7.18. The maximum Gasteiger partial charge on any atom is 0.198 e. The van der Waals surface area contributed by atoms with E-state index >= 15 is 0 Å². The molecule has 55 heavy (non-hydrogen) atoms. The van der Waals surface area contributed by atoms with Gasteiger partial charge in [0.25, 0.3) is 0 Å². The number of aryl methyl sites for hydroxylation is 1. The van der Waals surface area contributed by atoms with Gasteiger partial charge in [0.2, 0.25) is 0 Å². The lowest BCUT2D eigenvalue weighted by Crippen LogP contribution is -2.37. The Morgan fingerprint density at radius 3 is 2.02 bits per heavy atom. The first-order chi connectivity index (χ1) is 27.2. The monoisotopic (exact) mass is 702 g/mol. The third-order valence-electron chi connectivity index (χ3n) is 11.3. The van der Waals surface area contributed by atoms with Crippen LogP contribution >= 0.6 is 0 Å². The van der Waals surface area contributed by atoms with Crippen LogP contribution in [0, 0.1) is 6.92 Å². The summed E-state index contributed by atoms with van der Waals surface area (Å²) in [4.78, 5) is 0. The zero-order valence-electron chi connectivity index (χ0n) is 30.4. The van der Waals surface area contributed by atoms with Crippen molar-refractivity contribution in [2.75, 3.05) is 5.32 Å². The van der Waals surface area contributed by atoms with E-state index in [0.717, 1.165) is 40.9 Å². The molecule has 2 aromatic heterocycles. The van der Waals surface area contributed by atoms with Crippen LogP contribution in [-0.2, 0) is 0 Å². The number of benzene rings is 8. The van der Waals surface area contributed by atoms with E-state index in [2.05, 4.69) is 193 Å². The summed E-state index contributed by atoms with van der Waals surface area (Å²) in [5, 5.41) is 7.43. The predicted octanol–water partition coefficient (Wildman–Crippen LogP) is 12.0. The molecule has 0 saturated heterocycles. The molecule has 0 fully saturated rings. The van der Waals surface area contributed by atoms with E-state index in [1.807, 2.05) is 6.07 Å². The number of furan rings is 1. The summed E-state index contributed by atoms with van der Waals surface area (Å²) in [6.45, 7) is 2.13. The van der Waals surface area contributed by atoms with Crippen LogP contribution in [0.1, 0.15) is 5.56 Å². The van der Waals surface area contributed by atoms with Crippen molar-refractivity contribution in [3.05, 3.63) is 188 Å². The highest BCUT2D eigenvalue weighted by atomic mass is 16.3. The zero-order valence-corrected chi connectivity index (χ0v) is 30.4. The molecule has 1 N–H and O–H groups in total. The molecule has 258 valence electrons. The molecule has 0 radical (unpaired) electrons. The van der Waals surface area contributed by atoms with Crippen molar-refractivity contribution in [2.24, 2.45) is 0 Å². The molecule has 11 rings (SSSR count). The van der Waals surface area contributed by atoms with E-state index < -0.39 is 0 Å². The number of nitrogens with one attached hydrogen (secondary N) is 1. The van der Waals surface area contributed by atoms with Crippen molar-refractivity contribution in [3.8, 4) is 50.4 Å². The minimum atomic E-state index is 0.772. The second-order valence-electron chi connectivity index (χ2n) is 14.6. The van der Waals surface area contributed by atoms with Crippen LogP contribution in [0.5, 0.6) is 0 Å². The number of hydrogen-bond acceptors (Lipinski definition) is 2. The van der Waals surface area contributed by atoms with Crippen LogP contribution < -0.4 is 16.2 Å². The average Bonchev–Trinajstić information content (AvgIpc) is 3.82. The van der Waals surface area contributed by atoms with E-state index in [1.54, 1.807) is 0 Å². The lowest BCUT2D eigenvalue weighted by molar-refractivity contribution is 0.632. The van der Waals surface area contributed by atoms with Crippen molar-refractivity contribution in [1.82, 2.24) is 4.57 Å². The minimum Gasteiger partial charge on any atom is -0.456 e. The van der Waals surface area contributed by atoms with Gasteiger partial charge in [-0.15, -0.1) is 0 Å². The fraction of sp³-hybridized carbons (Fsp3) is 0.0196. The van der Waals surface area contributed by atoms with Gasteiger partial charge in [0.15, 0.2) is 7.28 Å². The van der Waals surface area contributed by atoms with E-state index in [9.17, 15) is 0 Å². The molecular formula is C51H35BN2O. The van der Waals surface area contributed by atoms with Crippen molar-refractivity contribution < 1.29 is 4.42 Å². The molecule has 0 amide bonds. The standard InChI is InChI=1S/C51H35BN2O/c1-32-24-26-36(27-25-32)53-44-22-12-10-20-39(44)42-30-41(38-19-9-8-18-37(38)33-14-4-2-5-15-33)49-40-21-11-13-23-45(40)54-46-28-35-29-47(34-16-6-3-7-17-34)55-48(35)31-43(46)52-50(42)51(49)54/h2-31,52-53H,1H3. The quantitative estimate of drug-likeness (QED) is 0.175. The Morgan fingerprint density at radius 2 is 1.22 bits per heavy atom. The molecule has 3 nitrogen and oxygen atoms in total. The summed E-state index contributed by atoms with van der Waals surface area (Å²) < 4.78 is 9.10. The van der Waals surface area contributed by atoms with Crippen LogP contribution in [0.2, 0.25) is 0 Å². The summed E-state index contributed by atoms with van der Waals surface area (Å²) in [5.41, 5.74) is 18.9. The van der Waals surface area contributed by atoms with Gasteiger partial charge in [-0.05, 0) is 88.7 Å². The molecule has 10 aromatic rings. The van der Waals surface area contributed by atoms with Gasteiger partial charge >= 0.3 is 0 Å². The summed E-state index contributed by atoms with van der Waals surface area (Å²) in [6.07, 6.45) is 0. The third-order valence-corrected chi connectivity index (χ3v) is 11.3. The first-order valence-electron chi connectivity index (χ1n) is 19.0. The maximum atomic E-state index is 6.57. The Morgan fingerprint density at radius 1 is 0.545 bits per heavy atom. The van der Waals surface area contributed by atoms with Crippen LogP contribution in [0.25, 0.3) is 83.2 Å². The number of hydrogen-bond donors (Lipinski definition) is 1. The van der Waals surface area contributed by atoms with Gasteiger partial charge in [-0.1, -0.05) is 144 Å². The van der Waals surface area contributed by atoms with Crippen LogP contribution in [0.4, 0.5) is 11.4 Å². The first kappa shape index (κ1) is 31.5. The van der Waals surface area contributed by atoms with Crippen LogP contribution in [0.15, 0.2) is 186 Å². The molecule has 4 heteroatoms. The SMILES string of the molecule is Cc1ccc(Nc2ccccc2-c2cc(-c3ccccc3-c3ccccc3)c3c4ccccc4n4c3c2Bc2cc3oc(-c5ccccc5)cc3cc2-4)cc1. The summed E-state index contributed by atoms with van der Waals surface area (Å²) in [6, 6.07) is 65.7. The number of para-hydroxylation sites is 2. The molecule has 0 atom stereocenters. The Balaban J connectivity index is 1.23. The largest absolute Gasteiger partial charge is 0.456 e. The number of rotatable bonds is 6. The highest BCUT2D eigenvalue weighted by Crippen LogP contribution is 2.45. The van der Waals surface area contributed by atoms with Gasteiger partial charge in [-0.25, -0.2) is 0 Å². The lowest BCUT2D eigenvalue weighted by atomic mass is 9.58. The molecule has 0 bridgehead atoms. The van der Waals surface area contributed by atoms with Crippen molar-refractivity contribution >= 4 is 62.4 Å². The molecule has 0 spiro atoms. The van der Waals surface area contributed by atoms with Crippen molar-refractivity contribution in [2.45, 2.75) is 6.92 Å². The average molecular weight is 703 g/mol. The number of aromatic nitrogens is 1. The Bertz CT molecular complexity index is 3090. The van der Waals surface area contributed by atoms with Crippen molar-refractivity contribution in [1.29, 1.82) is 0 Å². The van der Waals surface area contributed by atoms with Gasteiger partial charge in [-0.3, -0.25) is 0 Å². The Hall–Kier alpha value is -7.04. The molecule has 8 aromatic carbocycles. The van der Waals surface area contributed by atoms with Gasteiger partial charge in [0, 0.05) is 49.9 Å². The molecule has 3 heterocycles. The van der Waals surface area contributed by atoms with E-state index in [4.69, 9.17) is 4.42 Å². The summed E-state index contributed by atoms with van der Waals surface area (Å²) in [7, 11) is 0.772. The van der Waals surface area contributed by atoms with E-state index in [-0.39, 0.29) is 0 Å². The fourth-order valence-electron chi connectivity index (χ4n) is 8.72. The second kappa shape index (κ2) is 12.5. The second-order valence-corrected chi connectivity index (χ2v) is 14.6. The number of anilines is 2. The Labute approximate surface area is 320 Å². The summed E-state index contributed by atoms with van der Waals surface area (Å²) in [5.74, 6) is 0.884. The van der Waals surface area contributed by atoms with Gasteiger partial charge in [0.1, 0.15) is 11.3 Å². The number of fused-ring (bicyclic) bond motifs is 6. The topological polar surface area (TPSA) is 30.1 Å². The number of nitrogens with zero attached hydrogens (tertiary/aromatic N) is 1. The molecule has 0 aliphatic carbocycles. The molecule has 1 aliphatic heterocycles. The third kappa shape index (κ3) is 5.14. The van der Waals surface area contributed by atoms with E-state index in [0.29, 0.717) is 0 Å². The van der Waals surface area contributed by atoms with Gasteiger partial charge in [0.05, 0.1) is 5.52 Å². The summed E-state index contributed by atoms with van der Waals surface area (Å²) >= 11 is 0. The van der Waals surface area contributed by atoms with Crippen LogP contribution in [0.3, 0.4) is 0 Å². The highest BCUT2D eigenvalue weighted by Gasteiger charge is 2.30. The first-order valence-corrected chi connectivity index (χ1v) is 19.0. The fourth-order valence-corrected chi connectivity index (χ4v) is 8.72. The normalized spacial score (nSPS) is 11.9. The smallest absolute Gasteiger partial charge is 0.198 e. The lowest BCUT2D eigenvalue weighted by Gasteiger charge is -2.25. The molecule has 1 aliphatic rings. The molecule has 0 unspecified atom stereocenters. The highest BCUT2D eigenvalue weighted by molar-refractivity contribution is 6.74. The van der Waals surface area contributed by atoms with Crippen molar-refractivity contribution in [3.63, 3.8) is 0 Å². The van der Waals surface area contributed by atoms with Crippen LogP contribution in [-0.4, -0.2) is 11.8 Å². The van der Waals surface area contributed by atoms with E-state index in [1.165, 1.54) is 77.4 Å². The molecular weight excluding hydrogens is 667 g/mol. The minimum absolute atomic E-state index is 0.772. The zero-order chi connectivity index (χ0) is 36.5. The maximum absolute atomic E-state index is 6.57. The van der Waals surface area contributed by atoms with Gasteiger partial charge in [-0.2, -0.15) is 0 Å². The van der Waals surface area contributed by atoms with Gasteiger partial charge < -0.3 is 14.3 Å². The predicted molar refractivity (Wildman–Crippen MR) is 233 cm³/mol.